The number of nitrogens with one attached hydrogen (secondary N) is 1. The van der Waals surface area contributed by atoms with Crippen molar-refractivity contribution in [3.05, 3.63) is 18.7 Å². The molecule has 0 amide bonds. The minimum Gasteiger partial charge on any atom is -0.367 e. The number of hydrogen-bond donors (Lipinski definition) is 1. The van der Waals surface area contributed by atoms with Crippen LogP contribution in [0.3, 0.4) is 0 Å². The molecule has 0 unspecified atom stereocenters. The molecule has 92 valence electrons. The molecule has 0 spiro atoms. The number of nitrogens with zero attached hydrogens (tertiary/aromatic N) is 4. The van der Waals surface area contributed by atoms with Crippen molar-refractivity contribution in [1.82, 2.24) is 19.6 Å². The van der Waals surface area contributed by atoms with Gasteiger partial charge < -0.3 is 5.32 Å². The van der Waals surface area contributed by atoms with Crippen LogP contribution in [0.25, 0.3) is 5.65 Å². The first kappa shape index (κ1) is 12.1. The lowest BCUT2D eigenvalue weighted by atomic mass is 10.2. The van der Waals surface area contributed by atoms with Crippen molar-refractivity contribution in [3.63, 3.8) is 0 Å². The van der Waals surface area contributed by atoms with Crippen LogP contribution in [0.5, 0.6) is 0 Å². The van der Waals surface area contributed by atoms with Crippen LogP contribution in [0, 0.1) is 0 Å². The number of halogens is 1. The number of fused-ring (bicyclic) bond motifs is 1. The zero-order chi connectivity index (χ0) is 11.9. The number of alkyl halides is 1. The minimum absolute atomic E-state index is 0.758. The largest absolute Gasteiger partial charge is 0.367 e. The minimum atomic E-state index is 0.758. The van der Waals surface area contributed by atoms with Crippen LogP contribution in [-0.2, 0) is 0 Å². The maximum absolute atomic E-state index is 5.62. The molecule has 0 aliphatic carbocycles. The van der Waals surface area contributed by atoms with Crippen LogP contribution in [0.15, 0.2) is 18.7 Å². The van der Waals surface area contributed by atoms with Gasteiger partial charge in [-0.05, 0) is 12.8 Å². The number of hydrogen-bond acceptors (Lipinski definition) is 4. The first-order valence-corrected chi connectivity index (χ1v) is 6.39. The Bertz CT molecular complexity index is 456. The van der Waals surface area contributed by atoms with Gasteiger partial charge in [-0.1, -0.05) is 12.8 Å². The van der Waals surface area contributed by atoms with Gasteiger partial charge in [0, 0.05) is 24.8 Å². The molecule has 0 fully saturated rings. The summed E-state index contributed by atoms with van der Waals surface area (Å²) in [5, 5.41) is 11.1. The van der Waals surface area contributed by atoms with Gasteiger partial charge in [-0.15, -0.1) is 21.8 Å². The number of anilines is 1. The molecule has 2 aromatic rings. The zero-order valence-corrected chi connectivity index (χ0v) is 10.4. The van der Waals surface area contributed by atoms with Crippen LogP contribution < -0.4 is 5.32 Å². The van der Waals surface area contributed by atoms with Gasteiger partial charge in [0.2, 0.25) is 5.65 Å². The normalized spacial score (nSPS) is 10.9. The van der Waals surface area contributed by atoms with Crippen molar-refractivity contribution in [3.8, 4) is 0 Å². The van der Waals surface area contributed by atoms with Crippen molar-refractivity contribution >= 4 is 23.1 Å². The smallest absolute Gasteiger partial charge is 0.203 e. The van der Waals surface area contributed by atoms with Crippen molar-refractivity contribution in [2.45, 2.75) is 25.7 Å². The van der Waals surface area contributed by atoms with Crippen molar-refractivity contribution in [1.29, 1.82) is 0 Å². The third-order valence-electron chi connectivity index (χ3n) is 2.57. The number of unbranched alkanes of at least 4 members (excludes halogenated alkanes) is 3. The van der Waals surface area contributed by atoms with Crippen LogP contribution >= 0.6 is 11.6 Å². The Hall–Kier alpha value is -1.36. The highest BCUT2D eigenvalue weighted by Crippen LogP contribution is 2.10. The van der Waals surface area contributed by atoms with Gasteiger partial charge >= 0.3 is 0 Å². The summed E-state index contributed by atoms with van der Waals surface area (Å²) in [5.41, 5.74) is 0.772. The Morgan fingerprint density at radius 3 is 3.00 bits per heavy atom. The van der Waals surface area contributed by atoms with Crippen molar-refractivity contribution in [2.75, 3.05) is 17.7 Å². The van der Waals surface area contributed by atoms with Gasteiger partial charge in [-0.25, -0.2) is 4.98 Å². The summed E-state index contributed by atoms with van der Waals surface area (Å²) in [6, 6.07) is 0. The molecular formula is C11H16ClN5. The fourth-order valence-electron chi connectivity index (χ4n) is 1.66. The van der Waals surface area contributed by atoms with Gasteiger partial charge in [0.1, 0.15) is 6.33 Å². The molecule has 0 aromatic carbocycles. The summed E-state index contributed by atoms with van der Waals surface area (Å²) in [4.78, 5) is 4.26. The molecule has 1 N–H and O–H groups in total. The molecule has 0 aliphatic heterocycles. The Morgan fingerprint density at radius 1 is 1.24 bits per heavy atom. The topological polar surface area (TPSA) is 55.1 Å². The Morgan fingerprint density at radius 2 is 2.12 bits per heavy atom. The van der Waals surface area contributed by atoms with Gasteiger partial charge in [0.25, 0.3) is 0 Å². The van der Waals surface area contributed by atoms with Crippen molar-refractivity contribution < 1.29 is 0 Å². The monoisotopic (exact) mass is 253 g/mol. The zero-order valence-electron chi connectivity index (χ0n) is 9.64. The summed E-state index contributed by atoms with van der Waals surface area (Å²) in [6.45, 7) is 0.905. The summed E-state index contributed by atoms with van der Waals surface area (Å²) in [6.07, 6.45) is 9.84. The molecular weight excluding hydrogens is 238 g/mol. The van der Waals surface area contributed by atoms with Gasteiger partial charge in [0.05, 0.1) is 0 Å². The lowest BCUT2D eigenvalue weighted by molar-refractivity contribution is 0.687. The average Bonchev–Trinajstić information content (AvgIpc) is 2.82. The van der Waals surface area contributed by atoms with Crippen LogP contribution in [0.4, 0.5) is 5.82 Å². The standard InChI is InChI=1S/C11H16ClN5/c12-5-3-1-2-4-6-13-10-11-16-15-9-17(11)8-7-14-10/h7-9H,1-6H2,(H,13,14). The Kier molecular flexibility index (Phi) is 4.55. The molecule has 0 bridgehead atoms. The van der Waals surface area contributed by atoms with Gasteiger partial charge in [-0.3, -0.25) is 4.40 Å². The highest BCUT2D eigenvalue weighted by molar-refractivity contribution is 6.17. The van der Waals surface area contributed by atoms with E-state index in [1.54, 1.807) is 12.5 Å². The predicted octanol–water partition coefficient (Wildman–Crippen LogP) is 2.34. The summed E-state index contributed by atoms with van der Waals surface area (Å²) in [5.74, 6) is 1.55. The molecule has 6 heteroatoms. The van der Waals surface area contributed by atoms with Gasteiger partial charge in [-0.2, -0.15) is 0 Å². The van der Waals surface area contributed by atoms with E-state index < -0.39 is 0 Å². The van der Waals surface area contributed by atoms with E-state index >= 15 is 0 Å². The van der Waals surface area contributed by atoms with E-state index in [9.17, 15) is 0 Å². The van der Waals surface area contributed by atoms with E-state index in [4.69, 9.17) is 11.6 Å². The van der Waals surface area contributed by atoms with Gasteiger partial charge in [0.15, 0.2) is 5.82 Å². The molecule has 5 nitrogen and oxygen atoms in total. The SMILES string of the molecule is ClCCCCCCNc1nccn2cnnc12. The third kappa shape index (κ3) is 3.30. The predicted molar refractivity (Wildman–Crippen MR) is 68.5 cm³/mol. The average molecular weight is 254 g/mol. The third-order valence-corrected chi connectivity index (χ3v) is 2.84. The van der Waals surface area contributed by atoms with Crippen LogP contribution in [-0.4, -0.2) is 32.0 Å². The maximum Gasteiger partial charge on any atom is 0.203 e. The fraction of sp³-hybridized carbons (Fsp3) is 0.545. The maximum atomic E-state index is 5.62. The molecule has 0 radical (unpaired) electrons. The fourth-order valence-corrected chi connectivity index (χ4v) is 1.85. The molecule has 2 aromatic heterocycles. The van der Waals surface area contributed by atoms with Crippen molar-refractivity contribution in [2.24, 2.45) is 0 Å². The van der Waals surface area contributed by atoms with E-state index in [2.05, 4.69) is 20.5 Å². The highest BCUT2D eigenvalue weighted by Gasteiger charge is 2.02. The second-order valence-corrected chi connectivity index (χ2v) is 4.25. The van der Waals surface area contributed by atoms with E-state index in [-0.39, 0.29) is 0 Å². The lowest BCUT2D eigenvalue weighted by Crippen LogP contribution is -2.05. The first-order valence-electron chi connectivity index (χ1n) is 5.86. The van der Waals surface area contributed by atoms with E-state index in [1.807, 2.05) is 10.6 Å². The van der Waals surface area contributed by atoms with E-state index in [1.165, 1.54) is 12.8 Å². The molecule has 0 aliphatic rings. The summed E-state index contributed by atoms with van der Waals surface area (Å²) >= 11 is 5.62. The van der Waals surface area contributed by atoms with Crippen LogP contribution in [0.2, 0.25) is 0 Å². The molecule has 0 saturated heterocycles. The molecule has 2 heterocycles. The second-order valence-electron chi connectivity index (χ2n) is 3.87. The first-order chi connectivity index (χ1) is 8.42. The van der Waals surface area contributed by atoms with E-state index in [0.29, 0.717) is 0 Å². The quantitative estimate of drug-likeness (QED) is 0.608. The number of aromatic nitrogens is 4. The Balaban J connectivity index is 1.80. The molecule has 0 atom stereocenters. The number of rotatable bonds is 7. The van der Waals surface area contributed by atoms with E-state index in [0.717, 1.165) is 36.7 Å². The van der Waals surface area contributed by atoms with Crippen LogP contribution in [0.1, 0.15) is 25.7 Å². The lowest BCUT2D eigenvalue weighted by Gasteiger charge is -2.05. The Labute approximate surface area is 105 Å². The molecule has 17 heavy (non-hydrogen) atoms. The molecule has 2 rings (SSSR count). The second kappa shape index (κ2) is 6.39. The highest BCUT2D eigenvalue weighted by atomic mass is 35.5. The summed E-state index contributed by atoms with van der Waals surface area (Å²) in [7, 11) is 0. The molecule has 0 saturated carbocycles. The summed E-state index contributed by atoms with van der Waals surface area (Å²) < 4.78 is 1.85.